The standard InChI is InChI=1S/C14H22N2/c1-11(2)12-5-7-13(8-6-12)16-14-4-3-9-15-10-14/h5-8,11,14-16H,3-4,9-10H2,1-2H3/t14-/m0/s1. The second-order valence-electron chi connectivity index (χ2n) is 4.96. The van der Waals surface area contributed by atoms with E-state index >= 15 is 0 Å². The number of rotatable bonds is 3. The van der Waals surface area contributed by atoms with Gasteiger partial charge in [-0.2, -0.15) is 0 Å². The van der Waals surface area contributed by atoms with Crippen molar-refractivity contribution in [3.8, 4) is 0 Å². The van der Waals surface area contributed by atoms with Crippen LogP contribution in [0.4, 0.5) is 5.69 Å². The fourth-order valence-corrected chi connectivity index (χ4v) is 2.17. The normalized spacial score (nSPS) is 21.1. The number of hydrogen-bond donors (Lipinski definition) is 2. The van der Waals surface area contributed by atoms with E-state index in [1.165, 1.54) is 30.6 Å². The molecule has 0 radical (unpaired) electrons. The number of nitrogens with one attached hydrogen (secondary N) is 2. The maximum atomic E-state index is 3.58. The van der Waals surface area contributed by atoms with E-state index in [9.17, 15) is 0 Å². The summed E-state index contributed by atoms with van der Waals surface area (Å²) in [6, 6.07) is 9.44. The molecule has 1 fully saturated rings. The largest absolute Gasteiger partial charge is 0.381 e. The van der Waals surface area contributed by atoms with Crippen LogP contribution in [0.15, 0.2) is 24.3 Å². The molecule has 16 heavy (non-hydrogen) atoms. The third-order valence-electron chi connectivity index (χ3n) is 3.25. The van der Waals surface area contributed by atoms with Crippen LogP contribution in [0.5, 0.6) is 0 Å². The third kappa shape index (κ3) is 2.99. The van der Waals surface area contributed by atoms with Crippen molar-refractivity contribution in [1.29, 1.82) is 0 Å². The minimum atomic E-state index is 0.596. The summed E-state index contributed by atoms with van der Waals surface area (Å²) in [5.74, 6) is 0.616. The van der Waals surface area contributed by atoms with E-state index in [-0.39, 0.29) is 0 Å². The zero-order chi connectivity index (χ0) is 11.4. The van der Waals surface area contributed by atoms with Crippen LogP contribution in [0.25, 0.3) is 0 Å². The smallest absolute Gasteiger partial charge is 0.0386 e. The molecular weight excluding hydrogens is 196 g/mol. The van der Waals surface area contributed by atoms with Gasteiger partial charge in [-0.25, -0.2) is 0 Å². The van der Waals surface area contributed by atoms with Crippen LogP contribution in [0.2, 0.25) is 0 Å². The lowest BCUT2D eigenvalue weighted by atomic mass is 10.0. The highest BCUT2D eigenvalue weighted by molar-refractivity contribution is 5.46. The predicted molar refractivity (Wildman–Crippen MR) is 70.0 cm³/mol. The molecule has 1 aromatic carbocycles. The minimum Gasteiger partial charge on any atom is -0.381 e. The summed E-state index contributed by atoms with van der Waals surface area (Å²) in [6.45, 7) is 6.72. The average Bonchev–Trinajstić information content (AvgIpc) is 2.31. The molecule has 2 nitrogen and oxygen atoms in total. The van der Waals surface area contributed by atoms with Crippen LogP contribution in [0, 0.1) is 0 Å². The van der Waals surface area contributed by atoms with Crippen LogP contribution in [-0.2, 0) is 0 Å². The minimum absolute atomic E-state index is 0.596. The van der Waals surface area contributed by atoms with E-state index in [4.69, 9.17) is 0 Å². The molecule has 0 aliphatic carbocycles. The molecule has 1 aliphatic heterocycles. The Balaban J connectivity index is 1.93. The maximum absolute atomic E-state index is 3.58. The lowest BCUT2D eigenvalue weighted by molar-refractivity contribution is 0.480. The molecule has 1 aliphatic rings. The second-order valence-corrected chi connectivity index (χ2v) is 4.96. The molecule has 1 aromatic rings. The monoisotopic (exact) mass is 218 g/mol. The Morgan fingerprint density at radius 2 is 2.00 bits per heavy atom. The van der Waals surface area contributed by atoms with Gasteiger partial charge in [0.25, 0.3) is 0 Å². The molecule has 2 rings (SSSR count). The first-order valence-corrected chi connectivity index (χ1v) is 6.33. The lowest BCUT2D eigenvalue weighted by Gasteiger charge is -2.25. The first-order valence-electron chi connectivity index (χ1n) is 6.33. The van der Waals surface area contributed by atoms with E-state index in [0.717, 1.165) is 6.54 Å². The van der Waals surface area contributed by atoms with Gasteiger partial charge in [0.05, 0.1) is 0 Å². The Morgan fingerprint density at radius 3 is 2.56 bits per heavy atom. The SMILES string of the molecule is CC(C)c1ccc(N[C@H]2CCCNC2)cc1. The van der Waals surface area contributed by atoms with Gasteiger partial charge in [-0.3, -0.25) is 0 Å². The molecule has 2 N–H and O–H groups in total. The van der Waals surface area contributed by atoms with Crippen molar-refractivity contribution < 1.29 is 0 Å². The Morgan fingerprint density at radius 1 is 1.25 bits per heavy atom. The van der Waals surface area contributed by atoms with Crippen molar-refractivity contribution in [3.05, 3.63) is 29.8 Å². The Bertz CT molecular complexity index is 310. The summed E-state index contributed by atoms with van der Waals surface area (Å²) >= 11 is 0. The van der Waals surface area contributed by atoms with Crippen LogP contribution < -0.4 is 10.6 Å². The van der Waals surface area contributed by atoms with Crippen molar-refractivity contribution in [1.82, 2.24) is 5.32 Å². The highest BCUT2D eigenvalue weighted by atomic mass is 15.0. The molecule has 2 heteroatoms. The van der Waals surface area contributed by atoms with Crippen LogP contribution >= 0.6 is 0 Å². The summed E-state index contributed by atoms with van der Waals surface area (Å²) in [7, 11) is 0. The molecule has 1 heterocycles. The average molecular weight is 218 g/mol. The number of anilines is 1. The lowest BCUT2D eigenvalue weighted by Crippen LogP contribution is -2.38. The van der Waals surface area contributed by atoms with Gasteiger partial charge in [0, 0.05) is 18.3 Å². The summed E-state index contributed by atoms with van der Waals surface area (Å²) in [5, 5.41) is 7.01. The van der Waals surface area contributed by atoms with Crippen LogP contribution in [-0.4, -0.2) is 19.1 Å². The zero-order valence-corrected chi connectivity index (χ0v) is 10.3. The van der Waals surface area contributed by atoms with Gasteiger partial charge in [-0.05, 0) is 43.0 Å². The molecule has 0 unspecified atom stereocenters. The van der Waals surface area contributed by atoms with E-state index in [1.54, 1.807) is 0 Å². The van der Waals surface area contributed by atoms with Crippen molar-refractivity contribution >= 4 is 5.69 Å². The predicted octanol–water partition coefficient (Wildman–Crippen LogP) is 2.97. The highest BCUT2D eigenvalue weighted by Gasteiger charge is 2.12. The molecule has 1 saturated heterocycles. The van der Waals surface area contributed by atoms with Crippen molar-refractivity contribution in [2.24, 2.45) is 0 Å². The van der Waals surface area contributed by atoms with Crippen LogP contribution in [0.1, 0.15) is 38.2 Å². The Labute approximate surface area is 98.4 Å². The quantitative estimate of drug-likeness (QED) is 0.815. The molecule has 0 bridgehead atoms. The van der Waals surface area contributed by atoms with E-state index in [0.29, 0.717) is 12.0 Å². The van der Waals surface area contributed by atoms with Gasteiger partial charge < -0.3 is 10.6 Å². The number of piperidine rings is 1. The molecule has 0 amide bonds. The van der Waals surface area contributed by atoms with Gasteiger partial charge >= 0.3 is 0 Å². The summed E-state index contributed by atoms with van der Waals surface area (Å²) in [4.78, 5) is 0. The number of hydrogen-bond acceptors (Lipinski definition) is 2. The van der Waals surface area contributed by atoms with Crippen molar-refractivity contribution in [3.63, 3.8) is 0 Å². The van der Waals surface area contributed by atoms with Crippen LogP contribution in [0.3, 0.4) is 0 Å². The maximum Gasteiger partial charge on any atom is 0.0386 e. The second kappa shape index (κ2) is 5.35. The van der Waals surface area contributed by atoms with Gasteiger partial charge in [0.2, 0.25) is 0 Å². The molecule has 0 spiro atoms. The third-order valence-corrected chi connectivity index (χ3v) is 3.25. The van der Waals surface area contributed by atoms with Gasteiger partial charge in [0.15, 0.2) is 0 Å². The Kier molecular flexibility index (Phi) is 3.83. The zero-order valence-electron chi connectivity index (χ0n) is 10.3. The summed E-state index contributed by atoms with van der Waals surface area (Å²) in [5.41, 5.74) is 2.66. The molecule has 0 saturated carbocycles. The number of benzene rings is 1. The summed E-state index contributed by atoms with van der Waals surface area (Å²) in [6.07, 6.45) is 2.56. The Hall–Kier alpha value is -1.02. The molecule has 1 atom stereocenters. The molecular formula is C14H22N2. The van der Waals surface area contributed by atoms with Gasteiger partial charge in [0.1, 0.15) is 0 Å². The molecule has 0 aromatic heterocycles. The topological polar surface area (TPSA) is 24.1 Å². The highest BCUT2D eigenvalue weighted by Crippen LogP contribution is 2.18. The van der Waals surface area contributed by atoms with Gasteiger partial charge in [-0.15, -0.1) is 0 Å². The first kappa shape index (κ1) is 11.5. The summed E-state index contributed by atoms with van der Waals surface area (Å²) < 4.78 is 0. The molecule has 88 valence electrons. The fourth-order valence-electron chi connectivity index (χ4n) is 2.17. The first-order chi connectivity index (χ1) is 7.75. The fraction of sp³-hybridized carbons (Fsp3) is 0.571. The van der Waals surface area contributed by atoms with Crippen molar-refractivity contribution in [2.45, 2.75) is 38.6 Å². The van der Waals surface area contributed by atoms with Gasteiger partial charge in [-0.1, -0.05) is 26.0 Å². The van der Waals surface area contributed by atoms with E-state index in [1.807, 2.05) is 0 Å². The van der Waals surface area contributed by atoms with E-state index in [2.05, 4.69) is 48.7 Å². The van der Waals surface area contributed by atoms with E-state index < -0.39 is 0 Å². The van der Waals surface area contributed by atoms with Crippen molar-refractivity contribution in [2.75, 3.05) is 18.4 Å².